The topological polar surface area (TPSA) is 71.3 Å². The first kappa shape index (κ1) is 20.0. The molecule has 3 rings (SSSR count). The summed E-state index contributed by atoms with van der Waals surface area (Å²) in [6.45, 7) is 4.82. The average Bonchev–Trinajstić information content (AvgIpc) is 2.74. The number of anilines is 1. The zero-order valence-electron chi connectivity index (χ0n) is 16.4. The molecule has 29 heavy (non-hydrogen) atoms. The maximum atomic E-state index is 12.7. The summed E-state index contributed by atoms with van der Waals surface area (Å²) < 4.78 is 11.4. The Hall–Kier alpha value is -3.78. The van der Waals surface area contributed by atoms with Crippen molar-refractivity contribution in [3.63, 3.8) is 0 Å². The van der Waals surface area contributed by atoms with Crippen molar-refractivity contribution in [2.75, 3.05) is 18.5 Å². The minimum atomic E-state index is -0.473. The van der Waals surface area contributed by atoms with Crippen molar-refractivity contribution in [2.24, 2.45) is 0 Å². The van der Waals surface area contributed by atoms with Crippen molar-refractivity contribution in [1.82, 2.24) is 0 Å². The Labute approximate surface area is 170 Å². The van der Waals surface area contributed by atoms with Crippen molar-refractivity contribution in [3.05, 3.63) is 71.8 Å². The molecule has 0 unspecified atom stereocenters. The van der Waals surface area contributed by atoms with Crippen LogP contribution in [0.15, 0.2) is 66.2 Å². The SMILES string of the molecule is CCOc1ccc2ccc(OCC)c(/C=C(/C#N)C(=O)Nc3ccccc3)c2c1. The Morgan fingerprint density at radius 1 is 1.03 bits per heavy atom. The lowest BCUT2D eigenvalue weighted by molar-refractivity contribution is -0.112. The third-order valence-electron chi connectivity index (χ3n) is 4.29. The molecular weight excluding hydrogens is 364 g/mol. The van der Waals surface area contributed by atoms with Crippen molar-refractivity contribution >= 4 is 28.4 Å². The number of nitriles is 1. The molecule has 0 aliphatic heterocycles. The fraction of sp³-hybridized carbons (Fsp3) is 0.167. The van der Waals surface area contributed by atoms with Gasteiger partial charge < -0.3 is 14.8 Å². The van der Waals surface area contributed by atoms with E-state index in [9.17, 15) is 10.1 Å². The smallest absolute Gasteiger partial charge is 0.266 e. The summed E-state index contributed by atoms with van der Waals surface area (Å²) in [5, 5.41) is 14.2. The predicted molar refractivity (Wildman–Crippen MR) is 115 cm³/mol. The first-order valence-corrected chi connectivity index (χ1v) is 9.46. The lowest BCUT2D eigenvalue weighted by atomic mass is 10.0. The molecule has 3 aromatic carbocycles. The van der Waals surface area contributed by atoms with Gasteiger partial charge in [-0.3, -0.25) is 4.79 Å². The van der Waals surface area contributed by atoms with Crippen molar-refractivity contribution in [1.29, 1.82) is 5.26 Å². The fourth-order valence-electron chi connectivity index (χ4n) is 3.00. The summed E-state index contributed by atoms with van der Waals surface area (Å²) >= 11 is 0. The maximum absolute atomic E-state index is 12.7. The summed E-state index contributed by atoms with van der Waals surface area (Å²) in [7, 11) is 0. The number of hydrogen-bond donors (Lipinski definition) is 1. The highest BCUT2D eigenvalue weighted by Gasteiger charge is 2.14. The van der Waals surface area contributed by atoms with E-state index in [2.05, 4.69) is 5.32 Å². The summed E-state index contributed by atoms with van der Waals surface area (Å²) in [5.74, 6) is 0.851. The summed E-state index contributed by atoms with van der Waals surface area (Å²) in [5.41, 5.74) is 1.29. The van der Waals surface area contributed by atoms with Gasteiger partial charge in [0, 0.05) is 11.3 Å². The molecule has 0 aliphatic rings. The monoisotopic (exact) mass is 386 g/mol. The van der Waals surface area contributed by atoms with E-state index in [1.54, 1.807) is 18.2 Å². The molecule has 3 aromatic rings. The maximum Gasteiger partial charge on any atom is 0.266 e. The molecule has 0 saturated heterocycles. The van der Waals surface area contributed by atoms with Gasteiger partial charge in [0.15, 0.2) is 0 Å². The number of rotatable bonds is 7. The van der Waals surface area contributed by atoms with Crippen LogP contribution in [0.5, 0.6) is 11.5 Å². The van der Waals surface area contributed by atoms with E-state index in [1.807, 2.05) is 68.4 Å². The van der Waals surface area contributed by atoms with Gasteiger partial charge in [-0.2, -0.15) is 5.26 Å². The summed E-state index contributed by atoms with van der Waals surface area (Å²) in [6, 6.07) is 20.6. The Morgan fingerprint density at radius 3 is 2.45 bits per heavy atom. The Bertz CT molecular complexity index is 1080. The van der Waals surface area contributed by atoms with E-state index in [4.69, 9.17) is 9.47 Å². The van der Waals surface area contributed by atoms with Crippen LogP contribution >= 0.6 is 0 Å². The molecule has 0 heterocycles. The van der Waals surface area contributed by atoms with E-state index < -0.39 is 5.91 Å². The minimum absolute atomic E-state index is 0.0101. The van der Waals surface area contributed by atoms with E-state index in [-0.39, 0.29) is 5.57 Å². The number of para-hydroxylation sites is 1. The summed E-state index contributed by atoms with van der Waals surface area (Å²) in [6.07, 6.45) is 1.57. The van der Waals surface area contributed by atoms with E-state index >= 15 is 0 Å². The molecule has 0 radical (unpaired) electrons. The van der Waals surface area contributed by atoms with Gasteiger partial charge in [0.2, 0.25) is 0 Å². The van der Waals surface area contributed by atoms with Gasteiger partial charge in [-0.05, 0) is 61.0 Å². The number of benzene rings is 3. The molecule has 0 atom stereocenters. The van der Waals surface area contributed by atoms with Crippen LogP contribution in [-0.4, -0.2) is 19.1 Å². The molecule has 0 spiro atoms. The van der Waals surface area contributed by atoms with Crippen molar-refractivity contribution in [2.45, 2.75) is 13.8 Å². The Kier molecular flexibility index (Phi) is 6.49. The highest BCUT2D eigenvalue weighted by atomic mass is 16.5. The zero-order valence-corrected chi connectivity index (χ0v) is 16.4. The number of carbonyl (C=O) groups excluding carboxylic acids is 1. The Morgan fingerprint density at radius 2 is 1.76 bits per heavy atom. The van der Waals surface area contributed by atoms with Crippen molar-refractivity contribution < 1.29 is 14.3 Å². The molecule has 0 aliphatic carbocycles. The van der Waals surface area contributed by atoms with Crippen LogP contribution in [0.1, 0.15) is 19.4 Å². The predicted octanol–water partition coefficient (Wildman–Crippen LogP) is 5.18. The van der Waals surface area contributed by atoms with Crippen LogP contribution in [0.4, 0.5) is 5.69 Å². The normalized spacial score (nSPS) is 11.0. The molecule has 0 bridgehead atoms. The van der Waals surface area contributed by atoms with Crippen LogP contribution in [0, 0.1) is 11.3 Å². The fourth-order valence-corrected chi connectivity index (χ4v) is 3.00. The van der Waals surface area contributed by atoms with Crippen LogP contribution in [0.25, 0.3) is 16.8 Å². The van der Waals surface area contributed by atoms with Gasteiger partial charge in [0.25, 0.3) is 5.91 Å². The van der Waals surface area contributed by atoms with Crippen LogP contribution in [0.3, 0.4) is 0 Å². The number of amides is 1. The van der Waals surface area contributed by atoms with Gasteiger partial charge in [0.1, 0.15) is 23.1 Å². The molecule has 1 amide bonds. The van der Waals surface area contributed by atoms with Gasteiger partial charge >= 0.3 is 0 Å². The first-order valence-electron chi connectivity index (χ1n) is 9.46. The number of fused-ring (bicyclic) bond motifs is 1. The largest absolute Gasteiger partial charge is 0.494 e. The molecule has 5 nitrogen and oxygen atoms in total. The second-order valence-corrected chi connectivity index (χ2v) is 6.22. The lowest BCUT2D eigenvalue weighted by Gasteiger charge is -2.13. The van der Waals surface area contributed by atoms with Crippen LogP contribution < -0.4 is 14.8 Å². The standard InChI is InChI=1S/C24H22N2O3/c1-3-28-20-12-10-17-11-13-23(29-4-2)22(21(17)15-20)14-18(16-25)24(27)26-19-8-6-5-7-9-19/h5-15H,3-4H2,1-2H3,(H,26,27)/b18-14-. The second-order valence-electron chi connectivity index (χ2n) is 6.22. The number of carbonyl (C=O) groups is 1. The Balaban J connectivity index is 2.08. The third-order valence-corrected chi connectivity index (χ3v) is 4.29. The highest BCUT2D eigenvalue weighted by Crippen LogP contribution is 2.33. The number of ether oxygens (including phenoxy) is 2. The number of hydrogen-bond acceptors (Lipinski definition) is 4. The molecule has 0 saturated carbocycles. The van der Waals surface area contributed by atoms with E-state index in [0.717, 1.165) is 16.5 Å². The molecule has 1 N–H and O–H groups in total. The summed E-state index contributed by atoms with van der Waals surface area (Å²) in [4.78, 5) is 12.7. The quantitative estimate of drug-likeness (QED) is 0.448. The van der Waals surface area contributed by atoms with Gasteiger partial charge in [-0.25, -0.2) is 0 Å². The average molecular weight is 386 g/mol. The zero-order chi connectivity index (χ0) is 20.6. The molecule has 0 aromatic heterocycles. The van der Waals surface area contributed by atoms with Crippen LogP contribution in [0.2, 0.25) is 0 Å². The van der Waals surface area contributed by atoms with E-state index in [0.29, 0.717) is 30.2 Å². The van der Waals surface area contributed by atoms with Crippen molar-refractivity contribution in [3.8, 4) is 17.6 Å². The molecule has 0 fully saturated rings. The minimum Gasteiger partial charge on any atom is -0.494 e. The highest BCUT2D eigenvalue weighted by molar-refractivity contribution is 6.11. The third kappa shape index (κ3) is 4.74. The number of nitrogens with zero attached hydrogens (tertiary/aromatic N) is 1. The van der Waals surface area contributed by atoms with Gasteiger partial charge in [-0.1, -0.05) is 30.3 Å². The van der Waals surface area contributed by atoms with Gasteiger partial charge in [0.05, 0.1) is 13.2 Å². The van der Waals surface area contributed by atoms with Gasteiger partial charge in [-0.15, -0.1) is 0 Å². The first-order chi connectivity index (χ1) is 14.2. The van der Waals surface area contributed by atoms with E-state index in [1.165, 1.54) is 0 Å². The lowest BCUT2D eigenvalue weighted by Crippen LogP contribution is -2.13. The number of nitrogens with one attached hydrogen (secondary N) is 1. The molecule has 5 heteroatoms. The molecule has 146 valence electrons. The second kappa shape index (κ2) is 9.43. The van der Waals surface area contributed by atoms with Crippen LogP contribution in [-0.2, 0) is 4.79 Å². The molecular formula is C24H22N2O3.